The number of aliphatic imine (C=N–C) groups is 1. The summed E-state index contributed by atoms with van der Waals surface area (Å²) >= 11 is 0. The molecule has 0 heterocycles. The van der Waals surface area contributed by atoms with Crippen molar-refractivity contribution >= 4 is 18.5 Å². The lowest BCUT2D eigenvalue weighted by atomic mass is 10.1. The summed E-state index contributed by atoms with van der Waals surface area (Å²) in [6, 6.07) is 7.01. The maximum absolute atomic E-state index is 11.5. The molecule has 16 heavy (non-hydrogen) atoms. The van der Waals surface area contributed by atoms with Crippen LogP contribution in [0.3, 0.4) is 0 Å². The van der Waals surface area contributed by atoms with E-state index >= 15 is 0 Å². The van der Waals surface area contributed by atoms with E-state index in [1.54, 1.807) is 12.1 Å². The van der Waals surface area contributed by atoms with E-state index < -0.39 is 5.91 Å². The van der Waals surface area contributed by atoms with Gasteiger partial charge in [-0.25, -0.2) is 0 Å². The van der Waals surface area contributed by atoms with Gasteiger partial charge in [-0.05, 0) is 25.8 Å². The van der Waals surface area contributed by atoms with Gasteiger partial charge in [-0.1, -0.05) is 17.7 Å². The topological polar surface area (TPSA) is 70.6 Å². The molecule has 0 saturated carbocycles. The Morgan fingerprint density at radius 2 is 1.88 bits per heavy atom. The molecule has 1 aromatic carbocycles. The fourth-order valence-electron chi connectivity index (χ4n) is 1.04. The van der Waals surface area contributed by atoms with Crippen molar-refractivity contribution in [3.8, 4) is 0 Å². The molecule has 0 aliphatic carbocycles. The van der Waals surface area contributed by atoms with Gasteiger partial charge < -0.3 is 0 Å². The summed E-state index contributed by atoms with van der Waals surface area (Å²) in [6.07, 6.45) is 0. The molecule has 0 saturated heterocycles. The molecule has 0 aliphatic heterocycles. The fraction of sp³-hybridized carbons (Fsp3) is 0.182. The Morgan fingerprint density at radius 3 is 2.44 bits per heavy atom. The molecule has 0 spiro atoms. The fourth-order valence-corrected chi connectivity index (χ4v) is 1.04. The van der Waals surface area contributed by atoms with Crippen molar-refractivity contribution in [2.24, 2.45) is 4.99 Å². The highest BCUT2D eigenvalue weighted by atomic mass is 16.2. The zero-order chi connectivity index (χ0) is 12.0. The summed E-state index contributed by atoms with van der Waals surface area (Å²) in [5, 5.41) is 0. The quantitative estimate of drug-likeness (QED) is 0.572. The SMILES string of the molecule is C=NCC(=O)NNC(=O)c1ccc(C)cc1. The van der Waals surface area contributed by atoms with E-state index in [0.29, 0.717) is 5.56 Å². The normalized spacial score (nSPS) is 9.31. The molecule has 2 amide bonds. The van der Waals surface area contributed by atoms with Crippen molar-refractivity contribution in [3.05, 3.63) is 35.4 Å². The zero-order valence-corrected chi connectivity index (χ0v) is 8.99. The molecule has 5 heteroatoms. The third-order valence-corrected chi connectivity index (χ3v) is 1.88. The van der Waals surface area contributed by atoms with Crippen LogP contribution in [-0.2, 0) is 4.79 Å². The Balaban J connectivity index is 2.49. The Labute approximate surface area is 93.5 Å². The third-order valence-electron chi connectivity index (χ3n) is 1.88. The second-order valence-electron chi connectivity index (χ2n) is 3.25. The van der Waals surface area contributed by atoms with Gasteiger partial charge in [0.1, 0.15) is 6.54 Å². The summed E-state index contributed by atoms with van der Waals surface area (Å²) in [7, 11) is 0. The highest BCUT2D eigenvalue weighted by Gasteiger charge is 2.05. The first-order valence-corrected chi connectivity index (χ1v) is 4.72. The molecule has 2 N–H and O–H groups in total. The van der Waals surface area contributed by atoms with Gasteiger partial charge in [-0.3, -0.25) is 25.4 Å². The van der Waals surface area contributed by atoms with Crippen LogP contribution in [0, 0.1) is 6.92 Å². The van der Waals surface area contributed by atoms with Crippen molar-refractivity contribution in [2.45, 2.75) is 6.92 Å². The van der Waals surface area contributed by atoms with E-state index in [2.05, 4.69) is 22.6 Å². The minimum atomic E-state index is -0.407. The number of aryl methyl sites for hydroxylation is 1. The predicted molar refractivity (Wildman–Crippen MR) is 61.2 cm³/mol. The molecule has 0 radical (unpaired) electrons. The van der Waals surface area contributed by atoms with Crippen molar-refractivity contribution < 1.29 is 9.59 Å². The highest BCUT2D eigenvalue weighted by Crippen LogP contribution is 2.01. The van der Waals surface area contributed by atoms with Gasteiger partial charge in [-0.2, -0.15) is 0 Å². The predicted octanol–water partition coefficient (Wildman–Crippen LogP) is 0.457. The molecule has 0 aromatic heterocycles. The monoisotopic (exact) mass is 219 g/mol. The third kappa shape index (κ3) is 3.53. The maximum atomic E-state index is 11.5. The lowest BCUT2D eigenvalue weighted by Gasteiger charge is -2.05. The van der Waals surface area contributed by atoms with Crippen LogP contribution in [0.4, 0.5) is 0 Å². The molecular weight excluding hydrogens is 206 g/mol. The molecule has 0 bridgehead atoms. The van der Waals surface area contributed by atoms with Crippen LogP contribution in [0.2, 0.25) is 0 Å². The van der Waals surface area contributed by atoms with E-state index in [1.165, 1.54) is 0 Å². The molecule has 5 nitrogen and oxygen atoms in total. The number of nitrogens with one attached hydrogen (secondary N) is 2. The first-order chi connectivity index (χ1) is 7.63. The van der Waals surface area contributed by atoms with Crippen LogP contribution in [0.5, 0.6) is 0 Å². The molecular formula is C11H13N3O2. The van der Waals surface area contributed by atoms with Gasteiger partial charge in [0.15, 0.2) is 0 Å². The van der Waals surface area contributed by atoms with E-state index in [0.717, 1.165) is 5.56 Å². The number of amides is 2. The van der Waals surface area contributed by atoms with Crippen LogP contribution in [0.1, 0.15) is 15.9 Å². The first-order valence-electron chi connectivity index (χ1n) is 4.72. The zero-order valence-electron chi connectivity index (χ0n) is 8.99. The van der Waals surface area contributed by atoms with Gasteiger partial charge in [0.05, 0.1) is 0 Å². The van der Waals surface area contributed by atoms with Crippen LogP contribution >= 0.6 is 0 Å². The molecule has 0 fully saturated rings. The first kappa shape index (κ1) is 11.9. The number of hydrogen-bond acceptors (Lipinski definition) is 3. The minimum Gasteiger partial charge on any atom is -0.291 e. The molecule has 1 aromatic rings. The molecule has 1 rings (SSSR count). The summed E-state index contributed by atoms with van der Waals surface area (Å²) in [4.78, 5) is 25.9. The number of benzene rings is 1. The van der Waals surface area contributed by atoms with Gasteiger partial charge >= 0.3 is 0 Å². The molecule has 84 valence electrons. The van der Waals surface area contributed by atoms with Gasteiger partial charge in [0.25, 0.3) is 11.8 Å². The number of hydrazine groups is 1. The van der Waals surface area contributed by atoms with Gasteiger partial charge in [0.2, 0.25) is 0 Å². The maximum Gasteiger partial charge on any atom is 0.269 e. The van der Waals surface area contributed by atoms with Crippen molar-refractivity contribution in [3.63, 3.8) is 0 Å². The molecule has 0 unspecified atom stereocenters. The average Bonchev–Trinajstić information content (AvgIpc) is 2.27. The summed E-state index contributed by atoms with van der Waals surface area (Å²) in [5.41, 5.74) is 6.05. The van der Waals surface area contributed by atoms with Gasteiger partial charge in [0, 0.05) is 5.56 Å². The number of hydrogen-bond donors (Lipinski definition) is 2. The summed E-state index contributed by atoms with van der Waals surface area (Å²) in [6.45, 7) is 5.03. The van der Waals surface area contributed by atoms with Crippen LogP contribution < -0.4 is 10.9 Å². The Hall–Kier alpha value is -2.17. The Morgan fingerprint density at radius 1 is 1.25 bits per heavy atom. The smallest absolute Gasteiger partial charge is 0.269 e. The number of rotatable bonds is 3. The van der Waals surface area contributed by atoms with Crippen molar-refractivity contribution in [1.29, 1.82) is 0 Å². The van der Waals surface area contributed by atoms with Crippen LogP contribution in [-0.4, -0.2) is 25.1 Å². The lowest BCUT2D eigenvalue weighted by Crippen LogP contribution is -2.42. The largest absolute Gasteiger partial charge is 0.291 e. The van der Waals surface area contributed by atoms with Gasteiger partial charge in [-0.15, -0.1) is 0 Å². The summed E-state index contributed by atoms with van der Waals surface area (Å²) in [5.74, 6) is -0.770. The number of carbonyl (C=O) groups excluding carboxylic acids is 2. The number of nitrogens with zero attached hydrogens (tertiary/aromatic N) is 1. The minimum absolute atomic E-state index is 0.0752. The van der Waals surface area contributed by atoms with Crippen LogP contribution in [0.15, 0.2) is 29.3 Å². The standard InChI is InChI=1S/C11H13N3O2/c1-8-3-5-9(6-4-8)11(16)14-13-10(15)7-12-2/h3-6H,2,7H2,1H3,(H,13,15)(H,14,16). The Bertz CT molecular complexity index is 398. The van der Waals surface area contributed by atoms with Crippen molar-refractivity contribution in [1.82, 2.24) is 10.9 Å². The molecule has 0 atom stereocenters. The van der Waals surface area contributed by atoms with Crippen LogP contribution in [0.25, 0.3) is 0 Å². The van der Waals surface area contributed by atoms with E-state index in [1.807, 2.05) is 19.1 Å². The van der Waals surface area contributed by atoms with E-state index in [4.69, 9.17) is 0 Å². The van der Waals surface area contributed by atoms with Crippen molar-refractivity contribution in [2.75, 3.05) is 6.54 Å². The second-order valence-corrected chi connectivity index (χ2v) is 3.25. The average molecular weight is 219 g/mol. The summed E-state index contributed by atoms with van der Waals surface area (Å²) < 4.78 is 0. The Kier molecular flexibility index (Phi) is 4.20. The molecule has 0 aliphatic rings. The lowest BCUT2D eigenvalue weighted by molar-refractivity contribution is -0.120. The highest BCUT2D eigenvalue weighted by molar-refractivity contribution is 5.95. The van der Waals surface area contributed by atoms with E-state index in [-0.39, 0.29) is 12.5 Å². The second kappa shape index (κ2) is 5.65. The number of carbonyl (C=O) groups is 2. The van der Waals surface area contributed by atoms with E-state index in [9.17, 15) is 9.59 Å².